The van der Waals surface area contributed by atoms with Gasteiger partial charge in [0.2, 0.25) is 0 Å². The van der Waals surface area contributed by atoms with E-state index >= 15 is 0 Å². The molecular formula is C15H18N4O. The van der Waals surface area contributed by atoms with Crippen molar-refractivity contribution >= 4 is 11.6 Å². The number of aromatic nitrogens is 2. The van der Waals surface area contributed by atoms with Crippen molar-refractivity contribution in [3.05, 3.63) is 53.6 Å². The first-order chi connectivity index (χ1) is 9.56. The van der Waals surface area contributed by atoms with Crippen molar-refractivity contribution in [1.29, 1.82) is 0 Å². The van der Waals surface area contributed by atoms with Gasteiger partial charge in [0, 0.05) is 18.4 Å². The first kappa shape index (κ1) is 14.1. The molecule has 0 bridgehead atoms. The number of hydrogen-bond donors (Lipinski definition) is 1. The Morgan fingerprint density at radius 3 is 2.60 bits per heavy atom. The van der Waals surface area contributed by atoms with E-state index in [-0.39, 0.29) is 5.91 Å². The third kappa shape index (κ3) is 3.61. The Kier molecular flexibility index (Phi) is 4.42. The monoisotopic (exact) mass is 270 g/mol. The molecule has 0 saturated heterocycles. The van der Waals surface area contributed by atoms with Gasteiger partial charge in [-0.2, -0.15) is 0 Å². The molecule has 0 unspecified atom stereocenters. The Balaban J connectivity index is 2.17. The smallest absolute Gasteiger partial charge is 0.275 e. The quantitative estimate of drug-likeness (QED) is 0.924. The lowest BCUT2D eigenvalue weighted by Gasteiger charge is -2.14. The van der Waals surface area contributed by atoms with E-state index in [2.05, 4.69) is 20.2 Å². The van der Waals surface area contributed by atoms with Crippen molar-refractivity contribution in [2.45, 2.75) is 13.5 Å². The molecule has 20 heavy (non-hydrogen) atoms. The van der Waals surface area contributed by atoms with Crippen LogP contribution in [0.4, 0.5) is 5.69 Å². The minimum absolute atomic E-state index is 0.247. The lowest BCUT2D eigenvalue weighted by Crippen LogP contribution is -2.17. The van der Waals surface area contributed by atoms with Gasteiger partial charge in [-0.15, -0.1) is 0 Å². The van der Waals surface area contributed by atoms with Crippen LogP contribution in [0.15, 0.2) is 36.7 Å². The number of nitrogens with zero attached hydrogens (tertiary/aromatic N) is 3. The van der Waals surface area contributed by atoms with Crippen LogP contribution in [0.2, 0.25) is 0 Å². The van der Waals surface area contributed by atoms with Crippen LogP contribution in [0.1, 0.15) is 21.7 Å². The molecule has 1 aromatic carbocycles. The first-order valence-corrected chi connectivity index (χ1v) is 6.39. The number of amides is 1. The van der Waals surface area contributed by atoms with E-state index in [4.69, 9.17) is 0 Å². The molecule has 0 spiro atoms. The molecule has 0 fully saturated rings. The largest absolute Gasteiger partial charge is 0.320 e. The van der Waals surface area contributed by atoms with Gasteiger partial charge in [-0.1, -0.05) is 18.2 Å². The van der Waals surface area contributed by atoms with Gasteiger partial charge in [-0.05, 0) is 32.6 Å². The van der Waals surface area contributed by atoms with Crippen LogP contribution in [0.5, 0.6) is 0 Å². The van der Waals surface area contributed by atoms with Crippen molar-refractivity contribution in [1.82, 2.24) is 14.9 Å². The van der Waals surface area contributed by atoms with Crippen LogP contribution < -0.4 is 5.32 Å². The summed E-state index contributed by atoms with van der Waals surface area (Å²) >= 11 is 0. The zero-order valence-electron chi connectivity index (χ0n) is 11.9. The normalized spacial score (nSPS) is 10.6. The number of rotatable bonds is 4. The second-order valence-corrected chi connectivity index (χ2v) is 4.89. The Bertz CT molecular complexity index is 593. The summed E-state index contributed by atoms with van der Waals surface area (Å²) in [7, 11) is 3.98. The standard InChI is InChI=1S/C15H18N4O/c1-11-8-17-14(9-16-11)15(20)18-13-7-5-4-6-12(13)10-19(2)3/h4-9H,10H2,1-3H3,(H,18,20). The maximum atomic E-state index is 12.1. The molecule has 0 aliphatic rings. The Hall–Kier alpha value is -2.27. The van der Waals surface area contributed by atoms with Crippen molar-refractivity contribution in [3.63, 3.8) is 0 Å². The molecule has 2 aromatic rings. The van der Waals surface area contributed by atoms with Gasteiger partial charge in [0.25, 0.3) is 5.91 Å². The number of carbonyl (C=O) groups excluding carboxylic acids is 1. The van der Waals surface area contributed by atoms with Crippen molar-refractivity contribution in [3.8, 4) is 0 Å². The van der Waals surface area contributed by atoms with Crippen LogP contribution in [0.25, 0.3) is 0 Å². The molecule has 0 saturated carbocycles. The molecule has 0 radical (unpaired) electrons. The zero-order valence-corrected chi connectivity index (χ0v) is 11.9. The molecule has 0 aliphatic heterocycles. The summed E-state index contributed by atoms with van der Waals surface area (Å²) in [6.07, 6.45) is 3.07. The summed E-state index contributed by atoms with van der Waals surface area (Å²) in [6, 6.07) is 7.74. The van der Waals surface area contributed by atoms with Crippen LogP contribution in [-0.4, -0.2) is 34.9 Å². The third-order valence-electron chi connectivity index (χ3n) is 2.77. The van der Waals surface area contributed by atoms with Crippen LogP contribution in [-0.2, 0) is 6.54 Å². The van der Waals surface area contributed by atoms with Gasteiger partial charge >= 0.3 is 0 Å². The fourth-order valence-corrected chi connectivity index (χ4v) is 1.82. The van der Waals surface area contributed by atoms with E-state index in [1.165, 1.54) is 6.20 Å². The zero-order chi connectivity index (χ0) is 14.5. The van der Waals surface area contributed by atoms with Crippen molar-refractivity contribution in [2.75, 3.05) is 19.4 Å². The average molecular weight is 270 g/mol. The van der Waals surface area contributed by atoms with Gasteiger partial charge < -0.3 is 10.2 Å². The number of para-hydroxylation sites is 1. The van der Waals surface area contributed by atoms with Crippen molar-refractivity contribution in [2.24, 2.45) is 0 Å². The van der Waals surface area contributed by atoms with Gasteiger partial charge in [-0.25, -0.2) is 4.98 Å². The van der Waals surface area contributed by atoms with E-state index in [1.54, 1.807) is 6.20 Å². The molecule has 1 amide bonds. The summed E-state index contributed by atoms with van der Waals surface area (Å²) in [5, 5.41) is 2.88. The number of benzene rings is 1. The topological polar surface area (TPSA) is 58.1 Å². The average Bonchev–Trinajstić information content (AvgIpc) is 2.41. The number of aryl methyl sites for hydroxylation is 1. The van der Waals surface area contributed by atoms with Crippen molar-refractivity contribution < 1.29 is 4.79 Å². The summed E-state index contributed by atoms with van der Waals surface area (Å²) in [4.78, 5) is 22.3. The van der Waals surface area contributed by atoms with E-state index in [0.29, 0.717) is 5.69 Å². The maximum absolute atomic E-state index is 12.1. The minimum Gasteiger partial charge on any atom is -0.320 e. The highest BCUT2D eigenvalue weighted by Gasteiger charge is 2.10. The Labute approximate surface area is 118 Å². The molecule has 5 heteroatoms. The van der Waals surface area contributed by atoms with E-state index in [0.717, 1.165) is 23.5 Å². The highest BCUT2D eigenvalue weighted by Crippen LogP contribution is 2.17. The van der Waals surface area contributed by atoms with Gasteiger partial charge in [-0.3, -0.25) is 9.78 Å². The predicted molar refractivity (Wildman–Crippen MR) is 78.6 cm³/mol. The number of anilines is 1. The second-order valence-electron chi connectivity index (χ2n) is 4.89. The second kappa shape index (κ2) is 6.25. The highest BCUT2D eigenvalue weighted by molar-refractivity contribution is 6.03. The van der Waals surface area contributed by atoms with E-state index in [9.17, 15) is 4.79 Å². The fraction of sp³-hybridized carbons (Fsp3) is 0.267. The summed E-state index contributed by atoms with van der Waals surface area (Å²) in [6.45, 7) is 2.59. The molecule has 2 rings (SSSR count). The van der Waals surface area contributed by atoms with Crippen LogP contribution >= 0.6 is 0 Å². The first-order valence-electron chi connectivity index (χ1n) is 6.39. The lowest BCUT2D eigenvalue weighted by molar-refractivity contribution is 0.102. The summed E-state index contributed by atoms with van der Waals surface area (Å²) in [5.41, 5.74) is 2.96. The Morgan fingerprint density at radius 1 is 1.20 bits per heavy atom. The third-order valence-corrected chi connectivity index (χ3v) is 2.77. The SMILES string of the molecule is Cc1cnc(C(=O)Nc2ccccc2CN(C)C)cn1. The maximum Gasteiger partial charge on any atom is 0.275 e. The van der Waals surface area contributed by atoms with Gasteiger partial charge in [0.1, 0.15) is 5.69 Å². The molecule has 0 aliphatic carbocycles. The lowest BCUT2D eigenvalue weighted by atomic mass is 10.1. The highest BCUT2D eigenvalue weighted by atomic mass is 16.1. The molecule has 1 N–H and O–H groups in total. The van der Waals surface area contributed by atoms with Gasteiger partial charge in [0.05, 0.1) is 11.9 Å². The number of carbonyl (C=O) groups is 1. The Morgan fingerprint density at radius 2 is 1.95 bits per heavy atom. The molecule has 1 heterocycles. The summed E-state index contributed by atoms with van der Waals surface area (Å²) < 4.78 is 0. The summed E-state index contributed by atoms with van der Waals surface area (Å²) in [5.74, 6) is -0.247. The van der Waals surface area contributed by atoms with Crippen LogP contribution in [0, 0.1) is 6.92 Å². The van der Waals surface area contributed by atoms with E-state index in [1.807, 2.05) is 45.3 Å². The van der Waals surface area contributed by atoms with Gasteiger partial charge in [0.15, 0.2) is 0 Å². The van der Waals surface area contributed by atoms with Crippen LogP contribution in [0.3, 0.4) is 0 Å². The molecule has 104 valence electrons. The molecule has 0 atom stereocenters. The molecule has 5 nitrogen and oxygen atoms in total. The van der Waals surface area contributed by atoms with E-state index < -0.39 is 0 Å². The number of nitrogens with one attached hydrogen (secondary N) is 1. The minimum atomic E-state index is -0.247. The predicted octanol–water partition coefficient (Wildman–Crippen LogP) is 2.10. The number of hydrogen-bond acceptors (Lipinski definition) is 4. The molecular weight excluding hydrogens is 252 g/mol. The fourth-order valence-electron chi connectivity index (χ4n) is 1.82. The molecule has 1 aromatic heterocycles.